The summed E-state index contributed by atoms with van der Waals surface area (Å²) < 4.78 is 11.0. The highest BCUT2D eigenvalue weighted by molar-refractivity contribution is 6.32. The smallest absolute Gasteiger partial charge is 0.246 e. The van der Waals surface area contributed by atoms with Gasteiger partial charge in [-0.3, -0.25) is 9.59 Å². The predicted octanol–water partition coefficient (Wildman–Crippen LogP) is 4.86. The summed E-state index contributed by atoms with van der Waals surface area (Å²) in [5.74, 6) is 0.404. The van der Waals surface area contributed by atoms with Crippen LogP contribution >= 0.6 is 11.6 Å². The van der Waals surface area contributed by atoms with Gasteiger partial charge >= 0.3 is 0 Å². The normalized spacial score (nSPS) is 10.8. The largest absolute Gasteiger partial charge is 0.493 e. The summed E-state index contributed by atoms with van der Waals surface area (Å²) in [7, 11) is 3.11. The van der Waals surface area contributed by atoms with Crippen molar-refractivity contribution < 1.29 is 19.1 Å². The summed E-state index contributed by atoms with van der Waals surface area (Å²) in [5, 5.41) is 3.26. The molecular formula is C24H29ClN2O4. The number of amides is 2. The zero-order chi connectivity index (χ0) is 23.0. The number of anilines is 1. The Hall–Kier alpha value is -2.99. The Balaban J connectivity index is 2.02. The van der Waals surface area contributed by atoms with Crippen LogP contribution in [0.2, 0.25) is 5.02 Å². The fourth-order valence-electron chi connectivity index (χ4n) is 2.84. The SMILES string of the molecule is CCCOc1c(Cl)cc(/C=C/C(=O)N(C)CC(=O)Nc2cccc(C)c2C)cc1OC. The lowest BCUT2D eigenvalue weighted by Crippen LogP contribution is -2.34. The second kappa shape index (κ2) is 11.4. The number of nitrogens with one attached hydrogen (secondary N) is 1. The molecule has 0 unspecified atom stereocenters. The molecule has 2 amide bonds. The molecule has 0 saturated carbocycles. The number of ether oxygens (including phenoxy) is 2. The molecule has 0 aliphatic heterocycles. The Morgan fingerprint density at radius 1 is 1.23 bits per heavy atom. The lowest BCUT2D eigenvalue weighted by molar-refractivity contribution is -0.129. The van der Waals surface area contributed by atoms with Gasteiger partial charge in [0, 0.05) is 18.8 Å². The standard InChI is InChI=1S/C24H29ClN2O4/c1-6-12-31-24-19(25)13-18(14-21(24)30-5)10-11-23(29)27(4)15-22(28)26-20-9-7-8-16(2)17(20)3/h7-11,13-14H,6,12,15H2,1-5H3,(H,26,28)/b11-10+. The van der Waals surface area contributed by atoms with Crippen LogP contribution in [0.3, 0.4) is 0 Å². The average molecular weight is 445 g/mol. The topological polar surface area (TPSA) is 67.9 Å². The summed E-state index contributed by atoms with van der Waals surface area (Å²) in [4.78, 5) is 26.1. The van der Waals surface area contributed by atoms with Gasteiger partial charge in [-0.2, -0.15) is 0 Å². The summed E-state index contributed by atoms with van der Waals surface area (Å²) in [6, 6.07) is 9.15. The van der Waals surface area contributed by atoms with Gasteiger partial charge in [-0.25, -0.2) is 0 Å². The van der Waals surface area contributed by atoms with E-state index in [-0.39, 0.29) is 18.4 Å². The van der Waals surface area contributed by atoms with Crippen LogP contribution in [0.25, 0.3) is 6.08 Å². The van der Waals surface area contributed by atoms with Crippen molar-refractivity contribution in [2.24, 2.45) is 0 Å². The fraction of sp³-hybridized carbons (Fsp3) is 0.333. The quantitative estimate of drug-likeness (QED) is 0.560. The molecule has 0 radical (unpaired) electrons. The van der Waals surface area contributed by atoms with Gasteiger partial charge in [-0.15, -0.1) is 0 Å². The molecule has 0 aromatic heterocycles. The van der Waals surface area contributed by atoms with Gasteiger partial charge < -0.3 is 19.7 Å². The van der Waals surface area contributed by atoms with Crippen LogP contribution in [-0.2, 0) is 9.59 Å². The molecular weight excluding hydrogens is 416 g/mol. The lowest BCUT2D eigenvalue weighted by atomic mass is 10.1. The number of hydrogen-bond acceptors (Lipinski definition) is 4. The molecule has 0 aliphatic carbocycles. The molecule has 31 heavy (non-hydrogen) atoms. The summed E-state index contributed by atoms with van der Waals surface area (Å²) in [5.41, 5.74) is 3.52. The number of methoxy groups -OCH3 is 1. The van der Waals surface area contributed by atoms with Crippen LogP contribution in [0.15, 0.2) is 36.4 Å². The molecule has 0 atom stereocenters. The van der Waals surface area contributed by atoms with E-state index in [4.69, 9.17) is 21.1 Å². The van der Waals surface area contributed by atoms with E-state index in [2.05, 4.69) is 5.32 Å². The summed E-state index contributed by atoms with van der Waals surface area (Å²) in [6.07, 6.45) is 3.86. The first-order chi connectivity index (χ1) is 14.8. The first-order valence-electron chi connectivity index (χ1n) is 10.1. The minimum atomic E-state index is -0.308. The monoisotopic (exact) mass is 444 g/mol. The van der Waals surface area contributed by atoms with E-state index in [1.807, 2.05) is 39.0 Å². The van der Waals surface area contributed by atoms with Crippen molar-refractivity contribution in [1.29, 1.82) is 0 Å². The summed E-state index contributed by atoms with van der Waals surface area (Å²) >= 11 is 6.31. The molecule has 2 aromatic rings. The Morgan fingerprint density at radius 2 is 1.97 bits per heavy atom. The first-order valence-corrected chi connectivity index (χ1v) is 10.4. The van der Waals surface area contributed by atoms with E-state index in [0.717, 1.165) is 23.2 Å². The number of carbonyl (C=O) groups excluding carboxylic acids is 2. The highest BCUT2D eigenvalue weighted by Gasteiger charge is 2.14. The van der Waals surface area contributed by atoms with Crippen LogP contribution in [0.1, 0.15) is 30.0 Å². The summed E-state index contributed by atoms with van der Waals surface area (Å²) in [6.45, 7) is 6.39. The number of aryl methyl sites for hydroxylation is 1. The van der Waals surface area contributed by atoms with Crippen molar-refractivity contribution in [2.75, 3.05) is 32.6 Å². The fourth-order valence-corrected chi connectivity index (χ4v) is 3.12. The Labute approximate surface area is 188 Å². The average Bonchev–Trinajstić information content (AvgIpc) is 2.73. The second-order valence-electron chi connectivity index (χ2n) is 7.21. The van der Waals surface area contributed by atoms with Gasteiger partial charge in [0.1, 0.15) is 0 Å². The second-order valence-corrected chi connectivity index (χ2v) is 7.61. The third kappa shape index (κ3) is 6.76. The molecule has 1 N–H and O–H groups in total. The molecule has 166 valence electrons. The maximum absolute atomic E-state index is 12.4. The van der Waals surface area contributed by atoms with Gasteiger partial charge in [0.2, 0.25) is 11.8 Å². The van der Waals surface area contributed by atoms with Crippen molar-refractivity contribution in [3.05, 3.63) is 58.1 Å². The first kappa shape index (κ1) is 24.3. The molecule has 0 fully saturated rings. The molecule has 0 aliphatic rings. The van der Waals surface area contributed by atoms with E-state index in [9.17, 15) is 9.59 Å². The van der Waals surface area contributed by atoms with Crippen molar-refractivity contribution >= 4 is 35.2 Å². The minimum absolute atomic E-state index is 0.0651. The Morgan fingerprint density at radius 3 is 2.65 bits per heavy atom. The number of likely N-dealkylation sites (N-methyl/N-ethyl adjacent to an activating group) is 1. The van der Waals surface area contributed by atoms with Gasteiger partial charge in [0.15, 0.2) is 11.5 Å². The zero-order valence-electron chi connectivity index (χ0n) is 18.6. The minimum Gasteiger partial charge on any atom is -0.493 e. The van der Waals surface area contributed by atoms with Crippen molar-refractivity contribution in [1.82, 2.24) is 4.90 Å². The Bertz CT molecular complexity index is 972. The van der Waals surface area contributed by atoms with Crippen LogP contribution < -0.4 is 14.8 Å². The van der Waals surface area contributed by atoms with E-state index in [0.29, 0.717) is 28.7 Å². The number of halogens is 1. The van der Waals surface area contributed by atoms with Gasteiger partial charge in [0.25, 0.3) is 0 Å². The highest BCUT2D eigenvalue weighted by atomic mass is 35.5. The molecule has 0 heterocycles. The number of carbonyl (C=O) groups is 2. The van der Waals surface area contributed by atoms with Crippen LogP contribution in [0.4, 0.5) is 5.69 Å². The Kier molecular flexibility index (Phi) is 8.94. The maximum Gasteiger partial charge on any atom is 0.246 e. The van der Waals surface area contributed by atoms with E-state index in [1.54, 1.807) is 25.3 Å². The van der Waals surface area contributed by atoms with Crippen molar-refractivity contribution in [2.45, 2.75) is 27.2 Å². The molecule has 0 saturated heterocycles. The van der Waals surface area contributed by atoms with Gasteiger partial charge in [0.05, 0.1) is 25.3 Å². The highest BCUT2D eigenvalue weighted by Crippen LogP contribution is 2.36. The van der Waals surface area contributed by atoms with E-state index < -0.39 is 0 Å². The van der Waals surface area contributed by atoms with E-state index >= 15 is 0 Å². The molecule has 2 rings (SSSR count). The maximum atomic E-state index is 12.4. The van der Waals surface area contributed by atoms with Crippen LogP contribution in [0, 0.1) is 13.8 Å². The van der Waals surface area contributed by atoms with E-state index in [1.165, 1.54) is 18.1 Å². The molecule has 0 spiro atoms. The molecule has 2 aromatic carbocycles. The van der Waals surface area contributed by atoms with Gasteiger partial charge in [-0.05, 0) is 61.2 Å². The third-order valence-electron chi connectivity index (χ3n) is 4.76. The van der Waals surface area contributed by atoms with Gasteiger partial charge in [-0.1, -0.05) is 30.7 Å². The number of rotatable bonds is 9. The third-order valence-corrected chi connectivity index (χ3v) is 5.04. The van der Waals surface area contributed by atoms with Crippen molar-refractivity contribution in [3.8, 4) is 11.5 Å². The number of hydrogen-bond donors (Lipinski definition) is 1. The van der Waals surface area contributed by atoms with Crippen LogP contribution in [-0.4, -0.2) is 44.0 Å². The van der Waals surface area contributed by atoms with Crippen molar-refractivity contribution in [3.63, 3.8) is 0 Å². The molecule has 0 bridgehead atoms. The molecule has 7 heteroatoms. The lowest BCUT2D eigenvalue weighted by Gasteiger charge is -2.16. The predicted molar refractivity (Wildman–Crippen MR) is 125 cm³/mol. The number of nitrogens with zero attached hydrogens (tertiary/aromatic N) is 1. The zero-order valence-corrected chi connectivity index (χ0v) is 19.4. The molecule has 6 nitrogen and oxygen atoms in total. The van der Waals surface area contributed by atoms with Crippen LogP contribution in [0.5, 0.6) is 11.5 Å². The number of benzene rings is 2.